The molecule has 0 fully saturated rings. The SMILES string of the molecule is Cc1ccnc(NCCCOOc2ccc(C[C@H](NC(=O)c3ccccc3)C(=O)O)cc2)c1. The fourth-order valence-electron chi connectivity index (χ4n) is 3.04. The second kappa shape index (κ2) is 12.2. The first-order valence-electron chi connectivity index (χ1n) is 10.6. The van der Waals surface area contributed by atoms with Gasteiger partial charge < -0.3 is 20.6 Å². The van der Waals surface area contributed by atoms with Gasteiger partial charge in [0.2, 0.25) is 0 Å². The van der Waals surface area contributed by atoms with Gasteiger partial charge in [-0.1, -0.05) is 30.3 Å². The Balaban J connectivity index is 1.40. The van der Waals surface area contributed by atoms with E-state index in [9.17, 15) is 14.7 Å². The van der Waals surface area contributed by atoms with Gasteiger partial charge in [-0.3, -0.25) is 4.79 Å². The Labute approximate surface area is 192 Å². The number of carbonyl (C=O) groups is 2. The monoisotopic (exact) mass is 449 g/mol. The van der Waals surface area contributed by atoms with Crippen LogP contribution in [0.3, 0.4) is 0 Å². The number of hydrogen-bond acceptors (Lipinski definition) is 6. The van der Waals surface area contributed by atoms with E-state index < -0.39 is 17.9 Å². The van der Waals surface area contributed by atoms with Crippen LogP contribution in [0.5, 0.6) is 5.75 Å². The molecule has 1 atom stereocenters. The molecule has 3 aromatic rings. The highest BCUT2D eigenvalue weighted by molar-refractivity contribution is 5.96. The minimum Gasteiger partial charge on any atom is -0.480 e. The van der Waals surface area contributed by atoms with Crippen LogP contribution >= 0.6 is 0 Å². The predicted molar refractivity (Wildman–Crippen MR) is 124 cm³/mol. The zero-order valence-electron chi connectivity index (χ0n) is 18.4. The average Bonchev–Trinajstić information content (AvgIpc) is 2.82. The summed E-state index contributed by atoms with van der Waals surface area (Å²) in [6, 6.07) is 18.3. The van der Waals surface area contributed by atoms with E-state index in [1.165, 1.54) is 0 Å². The van der Waals surface area contributed by atoms with Gasteiger partial charge in [0.05, 0.1) is 6.61 Å². The lowest BCUT2D eigenvalue weighted by atomic mass is 10.1. The van der Waals surface area contributed by atoms with E-state index in [1.807, 2.05) is 19.1 Å². The van der Waals surface area contributed by atoms with E-state index in [0.717, 1.165) is 23.4 Å². The molecule has 172 valence electrons. The molecule has 3 rings (SSSR count). The number of aliphatic carboxylic acids is 1. The number of benzene rings is 2. The topological polar surface area (TPSA) is 110 Å². The van der Waals surface area contributed by atoms with Gasteiger partial charge in [0, 0.05) is 24.7 Å². The van der Waals surface area contributed by atoms with Crippen LogP contribution in [0.15, 0.2) is 72.9 Å². The van der Waals surface area contributed by atoms with Gasteiger partial charge in [0.1, 0.15) is 11.9 Å². The summed E-state index contributed by atoms with van der Waals surface area (Å²) in [7, 11) is 0. The number of nitrogens with zero attached hydrogens (tertiary/aromatic N) is 1. The van der Waals surface area contributed by atoms with E-state index in [4.69, 9.17) is 9.78 Å². The van der Waals surface area contributed by atoms with Crippen molar-refractivity contribution in [1.29, 1.82) is 0 Å². The average molecular weight is 450 g/mol. The van der Waals surface area contributed by atoms with Gasteiger partial charge >= 0.3 is 5.97 Å². The molecule has 0 bridgehead atoms. The van der Waals surface area contributed by atoms with Crippen molar-refractivity contribution in [3.63, 3.8) is 0 Å². The molecule has 2 aromatic carbocycles. The Bertz CT molecular complexity index is 1040. The highest BCUT2D eigenvalue weighted by Gasteiger charge is 2.21. The van der Waals surface area contributed by atoms with Crippen LogP contribution in [0.2, 0.25) is 0 Å². The number of carbonyl (C=O) groups excluding carboxylic acids is 1. The highest BCUT2D eigenvalue weighted by Crippen LogP contribution is 2.14. The molecule has 0 unspecified atom stereocenters. The molecule has 0 saturated heterocycles. The fourth-order valence-corrected chi connectivity index (χ4v) is 3.04. The third-order valence-electron chi connectivity index (χ3n) is 4.78. The molecule has 1 amide bonds. The number of carboxylic acids is 1. The fraction of sp³-hybridized carbons (Fsp3) is 0.240. The first-order valence-corrected chi connectivity index (χ1v) is 10.6. The molecule has 3 N–H and O–H groups in total. The van der Waals surface area contributed by atoms with Gasteiger partial charge in [0.15, 0.2) is 5.75 Å². The number of carboxylic acid groups (broad SMARTS) is 1. The van der Waals surface area contributed by atoms with Crippen LogP contribution in [0.4, 0.5) is 5.82 Å². The van der Waals surface area contributed by atoms with Crippen molar-refractivity contribution in [2.45, 2.75) is 25.8 Å². The first-order chi connectivity index (χ1) is 16.0. The summed E-state index contributed by atoms with van der Waals surface area (Å²) in [6.07, 6.45) is 2.64. The maximum absolute atomic E-state index is 12.3. The van der Waals surface area contributed by atoms with E-state index >= 15 is 0 Å². The molecule has 1 heterocycles. The summed E-state index contributed by atoms with van der Waals surface area (Å²) in [5.74, 6) is -0.195. The lowest BCUT2D eigenvalue weighted by molar-refractivity contribution is -0.206. The summed E-state index contributed by atoms with van der Waals surface area (Å²) < 4.78 is 0. The van der Waals surface area contributed by atoms with Crippen LogP contribution in [0, 0.1) is 6.92 Å². The van der Waals surface area contributed by atoms with E-state index in [2.05, 4.69) is 15.6 Å². The summed E-state index contributed by atoms with van der Waals surface area (Å²) in [4.78, 5) is 38.6. The predicted octanol–water partition coefficient (Wildman–Crippen LogP) is 3.63. The second-order valence-corrected chi connectivity index (χ2v) is 7.48. The maximum atomic E-state index is 12.3. The van der Waals surface area contributed by atoms with Crippen molar-refractivity contribution in [3.05, 3.63) is 89.6 Å². The summed E-state index contributed by atoms with van der Waals surface area (Å²) >= 11 is 0. The summed E-state index contributed by atoms with van der Waals surface area (Å²) in [5.41, 5.74) is 2.30. The molecular weight excluding hydrogens is 422 g/mol. The van der Waals surface area contributed by atoms with Gasteiger partial charge in [-0.15, -0.1) is 0 Å². The van der Waals surface area contributed by atoms with Crippen molar-refractivity contribution in [2.24, 2.45) is 0 Å². The van der Waals surface area contributed by atoms with Crippen LogP contribution in [-0.2, 0) is 16.1 Å². The van der Waals surface area contributed by atoms with Crippen molar-refractivity contribution in [2.75, 3.05) is 18.5 Å². The van der Waals surface area contributed by atoms with Gasteiger partial charge in [-0.2, -0.15) is 4.89 Å². The van der Waals surface area contributed by atoms with Crippen molar-refractivity contribution in [1.82, 2.24) is 10.3 Å². The second-order valence-electron chi connectivity index (χ2n) is 7.48. The van der Waals surface area contributed by atoms with E-state index in [0.29, 0.717) is 24.5 Å². The number of rotatable bonds is 12. The Hall–Kier alpha value is -3.91. The molecule has 0 aliphatic carbocycles. The molecule has 0 aliphatic heterocycles. The molecule has 0 radical (unpaired) electrons. The molecule has 0 spiro atoms. The highest BCUT2D eigenvalue weighted by atomic mass is 17.2. The Kier molecular flexibility index (Phi) is 8.79. The maximum Gasteiger partial charge on any atom is 0.326 e. The van der Waals surface area contributed by atoms with Gasteiger partial charge in [-0.05, 0) is 60.9 Å². The minimum absolute atomic E-state index is 0.147. The Morgan fingerprint density at radius 3 is 2.52 bits per heavy atom. The third-order valence-corrected chi connectivity index (χ3v) is 4.78. The molecule has 1 aromatic heterocycles. The smallest absolute Gasteiger partial charge is 0.326 e. The first kappa shape index (κ1) is 23.7. The van der Waals surface area contributed by atoms with Crippen molar-refractivity contribution in [3.8, 4) is 5.75 Å². The molecular formula is C25H27N3O5. The Morgan fingerprint density at radius 1 is 1.06 bits per heavy atom. The number of hydrogen-bond donors (Lipinski definition) is 3. The standard InChI is InChI=1S/C25H27N3O5/c1-18-12-14-27-23(16-18)26-13-5-15-32-33-21-10-8-19(9-11-21)17-22(25(30)31)28-24(29)20-6-3-2-4-7-20/h2-4,6-12,14,16,22H,5,13,15,17H2,1H3,(H,26,27)(H,28,29)(H,30,31)/t22-/m0/s1. The van der Waals surface area contributed by atoms with Crippen LogP contribution in [-0.4, -0.2) is 41.2 Å². The van der Waals surface area contributed by atoms with Gasteiger partial charge in [0.25, 0.3) is 5.91 Å². The van der Waals surface area contributed by atoms with Crippen LogP contribution in [0.1, 0.15) is 27.9 Å². The van der Waals surface area contributed by atoms with E-state index in [-0.39, 0.29) is 6.42 Å². The Morgan fingerprint density at radius 2 is 1.82 bits per heavy atom. The number of aryl methyl sites for hydroxylation is 1. The lowest BCUT2D eigenvalue weighted by Crippen LogP contribution is -2.42. The zero-order chi connectivity index (χ0) is 23.5. The normalized spacial score (nSPS) is 11.4. The molecule has 8 heteroatoms. The molecule has 0 saturated carbocycles. The van der Waals surface area contributed by atoms with Gasteiger partial charge in [-0.25, -0.2) is 9.78 Å². The number of nitrogens with one attached hydrogen (secondary N) is 2. The number of pyridine rings is 1. The van der Waals surface area contributed by atoms with Crippen LogP contribution in [0.25, 0.3) is 0 Å². The number of amides is 1. The zero-order valence-corrected chi connectivity index (χ0v) is 18.4. The van der Waals surface area contributed by atoms with E-state index in [1.54, 1.807) is 60.8 Å². The molecule has 8 nitrogen and oxygen atoms in total. The number of anilines is 1. The number of aromatic nitrogens is 1. The van der Waals surface area contributed by atoms with Crippen molar-refractivity contribution >= 4 is 17.7 Å². The summed E-state index contributed by atoms with van der Waals surface area (Å²) in [5, 5.41) is 15.3. The molecule has 33 heavy (non-hydrogen) atoms. The van der Waals surface area contributed by atoms with Crippen LogP contribution < -0.4 is 15.5 Å². The quantitative estimate of drug-likeness (QED) is 0.220. The minimum atomic E-state index is -1.10. The lowest BCUT2D eigenvalue weighted by Gasteiger charge is -2.15. The molecule has 0 aliphatic rings. The summed E-state index contributed by atoms with van der Waals surface area (Å²) in [6.45, 7) is 3.11. The van der Waals surface area contributed by atoms with Crippen molar-refractivity contribution < 1.29 is 24.5 Å². The third kappa shape index (κ3) is 7.93. The largest absolute Gasteiger partial charge is 0.480 e.